The second-order valence-corrected chi connectivity index (χ2v) is 6.13. The van der Waals surface area contributed by atoms with E-state index in [2.05, 4.69) is 22.3 Å². The number of ether oxygens (including phenoxy) is 3. The van der Waals surface area contributed by atoms with Crippen LogP contribution in [0.25, 0.3) is 0 Å². The highest BCUT2D eigenvalue weighted by Crippen LogP contribution is 2.35. The molecule has 2 fully saturated rings. The van der Waals surface area contributed by atoms with Crippen LogP contribution in [-0.4, -0.2) is 50.6 Å². The van der Waals surface area contributed by atoms with E-state index in [4.69, 9.17) is 14.2 Å². The minimum atomic E-state index is 0.303. The van der Waals surface area contributed by atoms with Crippen molar-refractivity contribution in [3.8, 4) is 11.5 Å². The van der Waals surface area contributed by atoms with E-state index in [0.717, 1.165) is 31.1 Å². The molecule has 2 bridgehead atoms. The quantitative estimate of drug-likeness (QED) is 0.911. The van der Waals surface area contributed by atoms with Crippen LogP contribution in [0, 0.1) is 0 Å². The zero-order valence-electron chi connectivity index (χ0n) is 12.4. The van der Waals surface area contributed by atoms with Gasteiger partial charge >= 0.3 is 0 Å². The summed E-state index contributed by atoms with van der Waals surface area (Å²) in [5, 5.41) is 3.43. The van der Waals surface area contributed by atoms with Crippen molar-refractivity contribution in [1.29, 1.82) is 0 Å². The Hall–Kier alpha value is -1.30. The van der Waals surface area contributed by atoms with Crippen LogP contribution >= 0.6 is 0 Å². The molecule has 0 amide bonds. The lowest BCUT2D eigenvalue weighted by atomic mass is 10.1. The maximum absolute atomic E-state index is 5.91. The van der Waals surface area contributed by atoms with Gasteiger partial charge in [-0.05, 0) is 37.6 Å². The molecule has 1 N–H and O–H groups in total. The Morgan fingerprint density at radius 1 is 1.19 bits per heavy atom. The molecule has 0 spiro atoms. The SMILES string of the molecule is CNC(CN1CC2CCC(C1)O2)c1ccc2c(c1)OCO2. The van der Waals surface area contributed by atoms with Crippen molar-refractivity contribution in [2.75, 3.05) is 33.5 Å². The summed E-state index contributed by atoms with van der Waals surface area (Å²) >= 11 is 0. The van der Waals surface area contributed by atoms with Gasteiger partial charge in [0.05, 0.1) is 12.2 Å². The van der Waals surface area contributed by atoms with Crippen molar-refractivity contribution in [2.45, 2.75) is 31.1 Å². The molecule has 3 unspecified atom stereocenters. The first-order chi connectivity index (χ1) is 10.3. The Labute approximate surface area is 125 Å². The molecule has 0 aliphatic carbocycles. The zero-order chi connectivity index (χ0) is 14.2. The molecule has 3 heterocycles. The van der Waals surface area contributed by atoms with E-state index in [9.17, 15) is 0 Å². The Balaban J connectivity index is 1.47. The Bertz CT molecular complexity index is 510. The van der Waals surface area contributed by atoms with Crippen LogP contribution in [0.3, 0.4) is 0 Å². The fourth-order valence-corrected chi connectivity index (χ4v) is 3.60. The molecule has 5 nitrogen and oxygen atoms in total. The van der Waals surface area contributed by atoms with Crippen LogP contribution in [0.15, 0.2) is 18.2 Å². The van der Waals surface area contributed by atoms with E-state index in [-0.39, 0.29) is 0 Å². The molecule has 1 aromatic carbocycles. The second kappa shape index (κ2) is 5.48. The van der Waals surface area contributed by atoms with Crippen molar-refractivity contribution < 1.29 is 14.2 Å². The van der Waals surface area contributed by atoms with Gasteiger partial charge in [-0.3, -0.25) is 4.90 Å². The number of nitrogens with one attached hydrogen (secondary N) is 1. The van der Waals surface area contributed by atoms with E-state index >= 15 is 0 Å². The third-order valence-electron chi connectivity index (χ3n) is 4.71. The summed E-state index contributed by atoms with van der Waals surface area (Å²) in [5.74, 6) is 1.70. The molecule has 5 heteroatoms. The van der Waals surface area contributed by atoms with Crippen molar-refractivity contribution >= 4 is 0 Å². The summed E-state index contributed by atoms with van der Waals surface area (Å²) in [6, 6.07) is 6.53. The van der Waals surface area contributed by atoms with Gasteiger partial charge in [-0.1, -0.05) is 6.07 Å². The number of hydrogen-bond acceptors (Lipinski definition) is 5. The molecule has 3 atom stereocenters. The fraction of sp³-hybridized carbons (Fsp3) is 0.625. The summed E-state index contributed by atoms with van der Waals surface area (Å²) in [6.45, 7) is 3.45. The van der Waals surface area contributed by atoms with Gasteiger partial charge in [-0.15, -0.1) is 0 Å². The number of likely N-dealkylation sites (N-methyl/N-ethyl adjacent to an activating group) is 1. The van der Waals surface area contributed by atoms with Crippen molar-refractivity contribution in [3.63, 3.8) is 0 Å². The largest absolute Gasteiger partial charge is 0.454 e. The van der Waals surface area contributed by atoms with Crippen LogP contribution in [0.5, 0.6) is 11.5 Å². The molecular formula is C16H22N2O3. The number of nitrogens with zero attached hydrogens (tertiary/aromatic N) is 1. The molecule has 3 aliphatic rings. The maximum Gasteiger partial charge on any atom is 0.231 e. The van der Waals surface area contributed by atoms with Crippen LogP contribution in [-0.2, 0) is 4.74 Å². The Kier molecular flexibility index (Phi) is 3.49. The normalized spacial score (nSPS) is 28.8. The summed E-state index contributed by atoms with van der Waals surface area (Å²) in [7, 11) is 2.02. The van der Waals surface area contributed by atoms with Crippen LogP contribution < -0.4 is 14.8 Å². The fourth-order valence-electron chi connectivity index (χ4n) is 3.60. The first-order valence-corrected chi connectivity index (χ1v) is 7.76. The van der Waals surface area contributed by atoms with Crippen LogP contribution in [0.1, 0.15) is 24.4 Å². The van der Waals surface area contributed by atoms with E-state index < -0.39 is 0 Å². The predicted molar refractivity (Wildman–Crippen MR) is 78.7 cm³/mol. The third kappa shape index (κ3) is 2.61. The molecule has 0 aromatic heterocycles. The monoisotopic (exact) mass is 290 g/mol. The second-order valence-electron chi connectivity index (χ2n) is 6.13. The first kappa shape index (κ1) is 13.4. The number of benzene rings is 1. The van der Waals surface area contributed by atoms with Gasteiger partial charge in [-0.25, -0.2) is 0 Å². The van der Waals surface area contributed by atoms with Gasteiger partial charge in [0, 0.05) is 25.7 Å². The minimum absolute atomic E-state index is 0.303. The Morgan fingerprint density at radius 3 is 2.71 bits per heavy atom. The van der Waals surface area contributed by atoms with Gasteiger partial charge in [0.2, 0.25) is 6.79 Å². The first-order valence-electron chi connectivity index (χ1n) is 7.76. The number of rotatable bonds is 4. The highest BCUT2D eigenvalue weighted by molar-refractivity contribution is 5.45. The number of likely N-dealkylation sites (tertiary alicyclic amines) is 1. The van der Waals surface area contributed by atoms with E-state index in [1.165, 1.54) is 18.4 Å². The van der Waals surface area contributed by atoms with E-state index in [1.807, 2.05) is 13.1 Å². The molecule has 0 radical (unpaired) electrons. The number of morpholine rings is 1. The van der Waals surface area contributed by atoms with Crippen LogP contribution in [0.4, 0.5) is 0 Å². The molecule has 114 valence electrons. The summed E-state index contributed by atoms with van der Waals surface area (Å²) < 4.78 is 16.8. The Morgan fingerprint density at radius 2 is 1.95 bits per heavy atom. The zero-order valence-corrected chi connectivity index (χ0v) is 12.4. The van der Waals surface area contributed by atoms with Crippen molar-refractivity contribution in [1.82, 2.24) is 10.2 Å². The van der Waals surface area contributed by atoms with Crippen molar-refractivity contribution in [2.24, 2.45) is 0 Å². The topological polar surface area (TPSA) is 43.0 Å². The van der Waals surface area contributed by atoms with Gasteiger partial charge < -0.3 is 19.5 Å². The van der Waals surface area contributed by atoms with Gasteiger partial charge in [0.15, 0.2) is 11.5 Å². The summed E-state index contributed by atoms with van der Waals surface area (Å²) in [5.41, 5.74) is 1.25. The van der Waals surface area contributed by atoms with Gasteiger partial charge in [-0.2, -0.15) is 0 Å². The van der Waals surface area contributed by atoms with E-state index in [1.54, 1.807) is 0 Å². The number of fused-ring (bicyclic) bond motifs is 3. The average Bonchev–Trinajstić information content (AvgIpc) is 3.10. The third-order valence-corrected chi connectivity index (χ3v) is 4.71. The highest BCUT2D eigenvalue weighted by atomic mass is 16.7. The minimum Gasteiger partial charge on any atom is -0.454 e. The molecule has 2 saturated heterocycles. The predicted octanol–water partition coefficient (Wildman–Crippen LogP) is 1.54. The molecule has 21 heavy (non-hydrogen) atoms. The molecule has 3 aliphatic heterocycles. The molecule has 1 aromatic rings. The van der Waals surface area contributed by atoms with Crippen molar-refractivity contribution in [3.05, 3.63) is 23.8 Å². The van der Waals surface area contributed by atoms with Crippen LogP contribution in [0.2, 0.25) is 0 Å². The summed E-state index contributed by atoms with van der Waals surface area (Å²) in [6.07, 6.45) is 3.32. The van der Waals surface area contributed by atoms with E-state index in [0.29, 0.717) is 25.0 Å². The van der Waals surface area contributed by atoms with Gasteiger partial charge in [0.1, 0.15) is 0 Å². The lowest BCUT2D eigenvalue weighted by molar-refractivity contribution is -0.0405. The maximum atomic E-state index is 5.91. The lowest BCUT2D eigenvalue weighted by Crippen LogP contribution is -2.45. The lowest BCUT2D eigenvalue weighted by Gasteiger charge is -2.34. The molecular weight excluding hydrogens is 268 g/mol. The number of hydrogen-bond donors (Lipinski definition) is 1. The molecule has 0 saturated carbocycles. The molecule has 4 rings (SSSR count). The van der Waals surface area contributed by atoms with Gasteiger partial charge in [0.25, 0.3) is 0 Å². The average molecular weight is 290 g/mol. The summed E-state index contributed by atoms with van der Waals surface area (Å²) in [4.78, 5) is 2.53. The standard InChI is InChI=1S/C16H22N2O3/c1-17-14(9-18-7-12-3-4-13(8-18)21-12)11-2-5-15-16(6-11)20-10-19-15/h2,5-6,12-14,17H,3-4,7-10H2,1H3. The smallest absolute Gasteiger partial charge is 0.231 e. The highest BCUT2D eigenvalue weighted by Gasteiger charge is 2.34.